The molecule has 1 unspecified atom stereocenters. The van der Waals surface area contributed by atoms with Crippen LogP contribution < -0.4 is 5.32 Å². The van der Waals surface area contributed by atoms with Gasteiger partial charge in [-0.15, -0.1) is 0 Å². The van der Waals surface area contributed by atoms with Gasteiger partial charge in [-0.1, -0.05) is 67.9 Å². The molecule has 0 radical (unpaired) electrons. The Morgan fingerprint density at radius 2 is 1.58 bits per heavy atom. The monoisotopic (exact) mass is 259 g/mol. The number of hydrogen-bond acceptors (Lipinski definition) is 1. The summed E-state index contributed by atoms with van der Waals surface area (Å²) in [6, 6.07) is 7.50. The summed E-state index contributed by atoms with van der Waals surface area (Å²) < 4.78 is 0. The molecular weight excluding hydrogens is 230 g/mol. The summed E-state index contributed by atoms with van der Waals surface area (Å²) in [4.78, 5) is 0. The quantitative estimate of drug-likeness (QED) is 0.756. The van der Waals surface area contributed by atoms with E-state index in [0.29, 0.717) is 6.04 Å². The van der Waals surface area contributed by atoms with Crippen molar-refractivity contribution in [1.29, 1.82) is 0 Å². The van der Waals surface area contributed by atoms with Crippen LogP contribution in [0.25, 0.3) is 0 Å². The lowest BCUT2D eigenvalue weighted by Gasteiger charge is -2.23. The van der Waals surface area contributed by atoms with E-state index >= 15 is 0 Å². The van der Waals surface area contributed by atoms with E-state index in [-0.39, 0.29) is 0 Å². The minimum Gasteiger partial charge on any atom is -0.313 e. The zero-order valence-corrected chi connectivity index (χ0v) is 12.8. The second kappa shape index (κ2) is 7.09. The Hall–Kier alpha value is -0.820. The van der Waals surface area contributed by atoms with Gasteiger partial charge in [0.05, 0.1) is 0 Å². The predicted molar refractivity (Wildman–Crippen MR) is 83.5 cm³/mol. The van der Waals surface area contributed by atoms with Crippen LogP contribution in [0.3, 0.4) is 0 Å². The molecule has 1 aromatic carbocycles. The van der Waals surface area contributed by atoms with Crippen molar-refractivity contribution in [2.45, 2.75) is 64.8 Å². The van der Waals surface area contributed by atoms with Crippen LogP contribution in [-0.2, 0) is 0 Å². The first kappa shape index (κ1) is 14.6. The van der Waals surface area contributed by atoms with Gasteiger partial charge in [0.1, 0.15) is 0 Å². The minimum absolute atomic E-state index is 0.529. The van der Waals surface area contributed by atoms with Gasteiger partial charge in [-0.05, 0) is 38.8 Å². The van der Waals surface area contributed by atoms with Crippen molar-refractivity contribution in [3.8, 4) is 0 Å². The van der Waals surface area contributed by atoms with Gasteiger partial charge in [0.2, 0.25) is 0 Å². The highest BCUT2D eigenvalue weighted by Crippen LogP contribution is 2.31. The van der Waals surface area contributed by atoms with E-state index in [4.69, 9.17) is 0 Å². The van der Waals surface area contributed by atoms with Gasteiger partial charge in [-0.3, -0.25) is 0 Å². The molecule has 0 spiro atoms. The smallest absolute Gasteiger partial charge is 0.0320 e. The van der Waals surface area contributed by atoms with Crippen molar-refractivity contribution >= 4 is 0 Å². The molecule has 1 aliphatic carbocycles. The van der Waals surface area contributed by atoms with Gasteiger partial charge in [0, 0.05) is 6.04 Å². The molecule has 0 aliphatic heterocycles. The summed E-state index contributed by atoms with van der Waals surface area (Å²) in [5.41, 5.74) is 4.25. The molecule has 0 aromatic heterocycles. The molecule has 0 bridgehead atoms. The SMILES string of the molecule is CNC(CC1CCCCCC1)c1cc(C)cc(C)c1. The van der Waals surface area contributed by atoms with Gasteiger partial charge in [0.25, 0.3) is 0 Å². The fourth-order valence-electron chi connectivity index (χ4n) is 3.56. The van der Waals surface area contributed by atoms with Crippen molar-refractivity contribution in [2.75, 3.05) is 7.05 Å². The van der Waals surface area contributed by atoms with Crippen LogP contribution in [-0.4, -0.2) is 7.05 Å². The van der Waals surface area contributed by atoms with Crippen molar-refractivity contribution in [1.82, 2.24) is 5.32 Å². The summed E-state index contributed by atoms with van der Waals surface area (Å²) in [7, 11) is 2.11. The number of hydrogen-bond donors (Lipinski definition) is 1. The third kappa shape index (κ3) is 4.35. The first-order valence-electron chi connectivity index (χ1n) is 7.94. The third-order valence-electron chi connectivity index (χ3n) is 4.54. The van der Waals surface area contributed by atoms with E-state index < -0.39 is 0 Å². The summed E-state index contributed by atoms with van der Waals surface area (Å²) in [6.07, 6.45) is 9.95. The number of benzene rings is 1. The molecule has 0 saturated heterocycles. The van der Waals surface area contributed by atoms with E-state index in [1.807, 2.05) is 0 Å². The van der Waals surface area contributed by atoms with Crippen LogP contribution in [0.2, 0.25) is 0 Å². The zero-order chi connectivity index (χ0) is 13.7. The van der Waals surface area contributed by atoms with E-state index in [1.165, 1.54) is 61.6 Å². The Kier molecular flexibility index (Phi) is 5.45. The topological polar surface area (TPSA) is 12.0 Å². The minimum atomic E-state index is 0.529. The van der Waals surface area contributed by atoms with Crippen molar-refractivity contribution in [3.63, 3.8) is 0 Å². The molecule has 1 heteroatoms. The highest BCUT2D eigenvalue weighted by molar-refractivity contribution is 5.30. The van der Waals surface area contributed by atoms with Gasteiger partial charge in [0.15, 0.2) is 0 Å². The van der Waals surface area contributed by atoms with Gasteiger partial charge < -0.3 is 5.32 Å². The second-order valence-electron chi connectivity index (χ2n) is 6.36. The lowest BCUT2D eigenvalue weighted by Crippen LogP contribution is -2.20. The average Bonchev–Trinajstić information content (AvgIpc) is 2.63. The first-order valence-corrected chi connectivity index (χ1v) is 7.94. The Labute approximate surface area is 118 Å². The normalized spacial score (nSPS) is 19.1. The maximum Gasteiger partial charge on any atom is 0.0320 e. The van der Waals surface area contributed by atoms with Gasteiger partial charge in [-0.25, -0.2) is 0 Å². The fourth-order valence-corrected chi connectivity index (χ4v) is 3.56. The average molecular weight is 259 g/mol. The number of nitrogens with one attached hydrogen (secondary N) is 1. The van der Waals surface area contributed by atoms with Gasteiger partial charge >= 0.3 is 0 Å². The molecule has 1 atom stereocenters. The number of aryl methyl sites for hydroxylation is 2. The van der Waals surface area contributed by atoms with Crippen molar-refractivity contribution in [3.05, 3.63) is 34.9 Å². The van der Waals surface area contributed by atoms with E-state index in [2.05, 4.69) is 44.4 Å². The molecule has 1 saturated carbocycles. The molecule has 2 rings (SSSR count). The molecule has 0 amide bonds. The molecule has 1 nitrogen and oxygen atoms in total. The zero-order valence-electron chi connectivity index (χ0n) is 12.8. The summed E-state index contributed by atoms with van der Waals surface area (Å²) in [5.74, 6) is 0.917. The summed E-state index contributed by atoms with van der Waals surface area (Å²) >= 11 is 0. The molecule has 1 aliphatic rings. The molecule has 1 aromatic rings. The Morgan fingerprint density at radius 1 is 1.00 bits per heavy atom. The second-order valence-corrected chi connectivity index (χ2v) is 6.36. The molecular formula is C18H29N. The Bertz CT molecular complexity index is 368. The lowest BCUT2D eigenvalue weighted by atomic mass is 9.88. The van der Waals surface area contributed by atoms with Crippen LogP contribution in [0.5, 0.6) is 0 Å². The molecule has 106 valence electrons. The van der Waals surface area contributed by atoms with Crippen LogP contribution >= 0.6 is 0 Å². The first-order chi connectivity index (χ1) is 9.19. The van der Waals surface area contributed by atoms with Crippen LogP contribution in [0.4, 0.5) is 0 Å². The summed E-state index contributed by atoms with van der Waals surface area (Å²) in [5, 5.41) is 3.54. The molecule has 0 heterocycles. The largest absolute Gasteiger partial charge is 0.313 e. The molecule has 1 fully saturated rings. The maximum absolute atomic E-state index is 3.54. The highest BCUT2D eigenvalue weighted by Gasteiger charge is 2.18. The summed E-state index contributed by atoms with van der Waals surface area (Å²) in [6.45, 7) is 4.41. The number of rotatable bonds is 4. The Balaban J connectivity index is 2.05. The maximum atomic E-state index is 3.54. The van der Waals surface area contributed by atoms with E-state index in [9.17, 15) is 0 Å². The van der Waals surface area contributed by atoms with E-state index in [1.54, 1.807) is 0 Å². The van der Waals surface area contributed by atoms with Gasteiger partial charge in [-0.2, -0.15) is 0 Å². The highest BCUT2D eigenvalue weighted by atomic mass is 14.9. The lowest BCUT2D eigenvalue weighted by molar-refractivity contribution is 0.368. The standard InChI is InChI=1S/C18H29N/c1-14-10-15(2)12-17(11-14)18(19-3)13-16-8-6-4-5-7-9-16/h10-12,16,18-19H,4-9,13H2,1-3H3. The predicted octanol–water partition coefficient (Wildman–Crippen LogP) is 4.92. The van der Waals surface area contributed by atoms with Crippen molar-refractivity contribution < 1.29 is 0 Å². The molecule has 19 heavy (non-hydrogen) atoms. The van der Waals surface area contributed by atoms with Crippen LogP contribution in [0.1, 0.15) is 67.7 Å². The van der Waals surface area contributed by atoms with Crippen LogP contribution in [0.15, 0.2) is 18.2 Å². The third-order valence-corrected chi connectivity index (χ3v) is 4.54. The fraction of sp³-hybridized carbons (Fsp3) is 0.667. The Morgan fingerprint density at radius 3 is 2.11 bits per heavy atom. The van der Waals surface area contributed by atoms with E-state index in [0.717, 1.165) is 5.92 Å². The van der Waals surface area contributed by atoms with Crippen LogP contribution in [0, 0.1) is 19.8 Å². The van der Waals surface area contributed by atoms with Crippen molar-refractivity contribution in [2.24, 2.45) is 5.92 Å². The molecule has 1 N–H and O–H groups in total.